The number of hydrogen-bond acceptors (Lipinski definition) is 4. The maximum atomic E-state index is 12.3. The normalized spacial score (nSPS) is 23.8. The topological polar surface area (TPSA) is 92.2 Å². The van der Waals surface area contributed by atoms with E-state index in [-0.39, 0.29) is 11.8 Å². The Morgan fingerprint density at radius 2 is 2.04 bits per heavy atom. The summed E-state index contributed by atoms with van der Waals surface area (Å²) in [6.45, 7) is 2.01. The van der Waals surface area contributed by atoms with Crippen LogP contribution in [-0.2, 0) is 10.0 Å². The minimum absolute atomic E-state index is 0.0154. The standard InChI is InChI=1S/C17H20F3N5O2S/c1-10-6-11(24-28(26,27)5-3-17(18,19)20)7-13(10)16-23-9-12-8-22-15-14(25(12)16)2-4-21-15/h2,4,8-11,13,21,24H,3,5-7H2,1H3/t10-,11+,13-/m0/s1. The molecule has 0 saturated heterocycles. The fourth-order valence-corrected chi connectivity index (χ4v) is 5.35. The Kier molecular flexibility index (Phi) is 4.61. The Morgan fingerprint density at radius 1 is 1.29 bits per heavy atom. The van der Waals surface area contributed by atoms with Gasteiger partial charge in [0, 0.05) is 18.2 Å². The summed E-state index contributed by atoms with van der Waals surface area (Å²) in [7, 11) is -3.99. The van der Waals surface area contributed by atoms with Crippen LogP contribution in [0, 0.1) is 5.92 Å². The highest BCUT2D eigenvalue weighted by atomic mass is 32.2. The van der Waals surface area contributed by atoms with E-state index in [1.165, 1.54) is 0 Å². The number of aromatic nitrogens is 4. The van der Waals surface area contributed by atoms with E-state index in [0.29, 0.717) is 12.8 Å². The van der Waals surface area contributed by atoms with Gasteiger partial charge in [-0.3, -0.25) is 4.40 Å². The maximum absolute atomic E-state index is 12.3. The Bertz CT molecular complexity index is 1110. The first-order valence-electron chi connectivity index (χ1n) is 8.99. The molecule has 1 aliphatic carbocycles. The fraction of sp³-hybridized carbons (Fsp3) is 0.529. The second kappa shape index (κ2) is 6.73. The maximum Gasteiger partial charge on any atom is 0.390 e. The number of fused-ring (bicyclic) bond motifs is 3. The minimum Gasteiger partial charge on any atom is -0.345 e. The Hall–Kier alpha value is -2.14. The average Bonchev–Trinajstić information content (AvgIpc) is 3.29. The van der Waals surface area contributed by atoms with Crippen LogP contribution in [0.15, 0.2) is 24.7 Å². The van der Waals surface area contributed by atoms with Gasteiger partial charge in [-0.2, -0.15) is 13.2 Å². The molecule has 0 aromatic carbocycles. The van der Waals surface area contributed by atoms with Crippen molar-refractivity contribution in [1.29, 1.82) is 0 Å². The van der Waals surface area contributed by atoms with Gasteiger partial charge in [0.2, 0.25) is 10.0 Å². The lowest BCUT2D eigenvalue weighted by molar-refractivity contribution is -0.130. The van der Waals surface area contributed by atoms with Gasteiger partial charge in [-0.25, -0.2) is 23.1 Å². The molecule has 4 rings (SSSR count). The molecule has 1 fully saturated rings. The van der Waals surface area contributed by atoms with Crippen molar-refractivity contribution in [2.24, 2.45) is 5.92 Å². The lowest BCUT2D eigenvalue weighted by atomic mass is 9.97. The summed E-state index contributed by atoms with van der Waals surface area (Å²) < 4.78 is 65.6. The van der Waals surface area contributed by atoms with Gasteiger partial charge < -0.3 is 4.98 Å². The van der Waals surface area contributed by atoms with Crippen LogP contribution in [0.5, 0.6) is 0 Å². The van der Waals surface area contributed by atoms with Crippen molar-refractivity contribution in [3.8, 4) is 0 Å². The van der Waals surface area contributed by atoms with Crippen molar-refractivity contribution in [2.75, 3.05) is 5.75 Å². The molecule has 1 aliphatic rings. The van der Waals surface area contributed by atoms with Crippen LogP contribution >= 0.6 is 0 Å². The number of nitrogens with zero attached hydrogens (tertiary/aromatic N) is 3. The van der Waals surface area contributed by atoms with Crippen LogP contribution in [0.1, 0.15) is 37.9 Å². The highest BCUT2D eigenvalue weighted by molar-refractivity contribution is 7.89. The number of nitrogens with one attached hydrogen (secondary N) is 2. The highest BCUT2D eigenvalue weighted by Crippen LogP contribution is 2.40. The minimum atomic E-state index is -4.50. The van der Waals surface area contributed by atoms with Crippen molar-refractivity contribution >= 4 is 26.7 Å². The molecule has 3 heterocycles. The molecular formula is C17H20F3N5O2S. The van der Waals surface area contributed by atoms with Gasteiger partial charge in [0.25, 0.3) is 0 Å². The molecule has 3 aromatic rings. The van der Waals surface area contributed by atoms with Crippen molar-refractivity contribution in [3.05, 3.63) is 30.5 Å². The molecule has 0 unspecified atom stereocenters. The van der Waals surface area contributed by atoms with E-state index in [2.05, 4.69) is 19.7 Å². The Morgan fingerprint density at radius 3 is 2.79 bits per heavy atom. The van der Waals surface area contributed by atoms with Crippen molar-refractivity contribution in [2.45, 2.75) is 44.3 Å². The van der Waals surface area contributed by atoms with Crippen LogP contribution in [0.4, 0.5) is 13.2 Å². The molecule has 0 bridgehead atoms. The van der Waals surface area contributed by atoms with Gasteiger partial charge in [0.05, 0.1) is 35.6 Å². The van der Waals surface area contributed by atoms with Crippen LogP contribution < -0.4 is 4.72 Å². The lowest BCUT2D eigenvalue weighted by Gasteiger charge is -2.15. The molecule has 2 N–H and O–H groups in total. The van der Waals surface area contributed by atoms with Crippen molar-refractivity contribution < 1.29 is 21.6 Å². The quantitative estimate of drug-likeness (QED) is 0.670. The van der Waals surface area contributed by atoms with E-state index in [4.69, 9.17) is 0 Å². The molecule has 0 spiro atoms. The summed E-state index contributed by atoms with van der Waals surface area (Å²) in [4.78, 5) is 11.9. The first kappa shape index (κ1) is 19.2. The first-order valence-corrected chi connectivity index (χ1v) is 10.6. The van der Waals surface area contributed by atoms with Crippen molar-refractivity contribution in [1.82, 2.24) is 24.1 Å². The van der Waals surface area contributed by atoms with Crippen molar-refractivity contribution in [3.63, 3.8) is 0 Å². The molecule has 3 atom stereocenters. The van der Waals surface area contributed by atoms with E-state index >= 15 is 0 Å². The van der Waals surface area contributed by atoms with E-state index in [0.717, 1.165) is 22.5 Å². The fourth-order valence-electron chi connectivity index (χ4n) is 4.03. The average molecular weight is 415 g/mol. The summed E-state index contributed by atoms with van der Waals surface area (Å²) >= 11 is 0. The second-order valence-corrected chi connectivity index (χ2v) is 9.27. The number of H-pyrrole nitrogens is 1. The van der Waals surface area contributed by atoms with Gasteiger partial charge in [0.15, 0.2) is 5.65 Å². The molecule has 0 aliphatic heterocycles. The number of sulfonamides is 1. The largest absolute Gasteiger partial charge is 0.390 e. The summed E-state index contributed by atoms with van der Waals surface area (Å²) in [5.74, 6) is -0.0264. The molecule has 0 radical (unpaired) electrons. The number of rotatable bonds is 5. The zero-order chi connectivity index (χ0) is 20.1. The van der Waals surface area contributed by atoms with Gasteiger partial charge >= 0.3 is 6.18 Å². The number of hydrogen-bond donors (Lipinski definition) is 2. The molecule has 28 heavy (non-hydrogen) atoms. The molecule has 1 saturated carbocycles. The van der Waals surface area contributed by atoms with Gasteiger partial charge in [-0.15, -0.1) is 0 Å². The number of halogens is 3. The summed E-state index contributed by atoms with van der Waals surface area (Å²) in [5.41, 5.74) is 2.44. The third-order valence-electron chi connectivity index (χ3n) is 5.30. The Balaban J connectivity index is 1.55. The summed E-state index contributed by atoms with van der Waals surface area (Å²) in [6.07, 6.45) is 0.416. The Labute approximate surface area is 159 Å². The monoisotopic (exact) mass is 415 g/mol. The second-order valence-electron chi connectivity index (χ2n) is 7.40. The zero-order valence-electron chi connectivity index (χ0n) is 15.1. The first-order chi connectivity index (χ1) is 13.1. The van der Waals surface area contributed by atoms with E-state index < -0.39 is 34.4 Å². The smallest absolute Gasteiger partial charge is 0.345 e. The predicted octanol–water partition coefficient (Wildman–Crippen LogP) is 2.96. The van der Waals surface area contributed by atoms with Gasteiger partial charge in [-0.1, -0.05) is 6.92 Å². The molecule has 11 heteroatoms. The molecule has 152 valence electrons. The number of aromatic amines is 1. The van der Waals surface area contributed by atoms with E-state index in [9.17, 15) is 21.6 Å². The van der Waals surface area contributed by atoms with Gasteiger partial charge in [-0.05, 0) is 24.8 Å². The summed E-state index contributed by atoms with van der Waals surface area (Å²) in [6, 6.07) is 1.49. The van der Waals surface area contributed by atoms with Gasteiger partial charge in [0.1, 0.15) is 5.82 Å². The zero-order valence-corrected chi connectivity index (χ0v) is 15.9. The summed E-state index contributed by atoms with van der Waals surface area (Å²) in [5, 5.41) is 0. The lowest BCUT2D eigenvalue weighted by Crippen LogP contribution is -2.36. The van der Waals surface area contributed by atoms with E-state index in [1.54, 1.807) is 18.6 Å². The van der Waals surface area contributed by atoms with Crippen LogP contribution in [0.2, 0.25) is 0 Å². The molecule has 7 nitrogen and oxygen atoms in total. The number of imidazole rings is 1. The van der Waals surface area contributed by atoms with E-state index in [1.807, 2.05) is 17.4 Å². The predicted molar refractivity (Wildman–Crippen MR) is 97.4 cm³/mol. The molecular weight excluding hydrogens is 395 g/mol. The third-order valence-corrected chi connectivity index (χ3v) is 6.73. The van der Waals surface area contributed by atoms with Crippen LogP contribution in [0.3, 0.4) is 0 Å². The molecule has 3 aromatic heterocycles. The SMILES string of the molecule is C[C@H]1C[C@@H](NS(=O)(=O)CCC(F)(F)F)C[C@@H]1c1ncc2cnc3[nH]ccc3n12. The van der Waals surface area contributed by atoms with Crippen LogP contribution in [0.25, 0.3) is 16.7 Å². The number of alkyl halides is 3. The van der Waals surface area contributed by atoms with Crippen LogP contribution in [-0.4, -0.2) is 45.7 Å². The highest BCUT2D eigenvalue weighted by Gasteiger charge is 2.38. The third kappa shape index (κ3) is 3.72. The molecule has 0 amide bonds.